The highest BCUT2D eigenvalue weighted by atomic mass is 16.5. The quantitative estimate of drug-likeness (QED) is 0.158. The number of rotatable bonds is 5. The number of aromatic nitrogens is 5. The van der Waals surface area contributed by atoms with Crippen LogP contribution in [0.5, 0.6) is 11.5 Å². The van der Waals surface area contributed by atoms with Gasteiger partial charge in [-0.2, -0.15) is 0 Å². The largest absolute Gasteiger partial charge is 0.458 e. The second kappa shape index (κ2) is 17.7. The molecule has 0 atom stereocenters. The van der Waals surface area contributed by atoms with Gasteiger partial charge in [0.05, 0.1) is 49.7 Å². The summed E-state index contributed by atoms with van der Waals surface area (Å²) < 4.78 is 19.7. The molecule has 0 unspecified atom stereocenters. The molecule has 0 saturated heterocycles. The number of fused-ring (bicyclic) bond motifs is 19. The van der Waals surface area contributed by atoms with Gasteiger partial charge in [0, 0.05) is 87.8 Å². The first-order valence-electron chi connectivity index (χ1n) is 31.0. The lowest BCUT2D eigenvalue weighted by Gasteiger charge is -2.35. The maximum Gasteiger partial charge on any atom is 0.256 e. The second-order valence-electron chi connectivity index (χ2n) is 25.6. The van der Waals surface area contributed by atoms with Crippen LogP contribution in [0, 0.1) is 0 Å². The van der Waals surface area contributed by atoms with Crippen molar-refractivity contribution in [2.24, 2.45) is 0 Å². The van der Waals surface area contributed by atoms with Crippen molar-refractivity contribution in [2.45, 2.75) is 26.2 Å². The summed E-state index contributed by atoms with van der Waals surface area (Å²) in [6, 6.07) is 102. The second-order valence-corrected chi connectivity index (χ2v) is 25.6. The van der Waals surface area contributed by atoms with Gasteiger partial charge in [-0.15, -0.1) is 0 Å². The van der Waals surface area contributed by atoms with E-state index < -0.39 is 0 Å². The summed E-state index contributed by atoms with van der Waals surface area (Å²) in [7, 11) is 0. The summed E-state index contributed by atoms with van der Waals surface area (Å²) in [4.78, 5) is 0. The Balaban J connectivity index is 0.872. The number of ether oxygens (including phenoxy) is 1. The van der Waals surface area contributed by atoms with E-state index in [2.05, 4.69) is 317 Å². The molecule has 2 aliphatic rings. The molecule has 0 fully saturated rings. The van der Waals surface area contributed by atoms with Crippen LogP contribution in [0.2, 0.25) is 0 Å². The van der Waals surface area contributed by atoms with Gasteiger partial charge >= 0.3 is 0 Å². The van der Waals surface area contributed by atoms with Crippen molar-refractivity contribution in [1.29, 1.82) is 0 Å². The molecule has 0 amide bonds. The molecule has 0 radical (unpaired) electrons. The number of para-hydroxylation sites is 6. The zero-order valence-electron chi connectivity index (χ0n) is 49.2. The van der Waals surface area contributed by atoms with E-state index >= 15 is 0 Å². The topological polar surface area (TPSA) is 33.9 Å². The van der Waals surface area contributed by atoms with E-state index in [1.807, 2.05) is 0 Å². The molecule has 18 aromatic rings. The molecule has 0 bridgehead atoms. The number of benzene rings is 13. The van der Waals surface area contributed by atoms with Crippen molar-refractivity contribution in [3.8, 4) is 51.1 Å². The van der Waals surface area contributed by atoms with Crippen LogP contribution in [-0.2, 0) is 5.41 Å². The van der Waals surface area contributed by atoms with Crippen molar-refractivity contribution in [3.05, 3.63) is 279 Å². The Kier molecular flexibility index (Phi) is 9.72. The minimum Gasteiger partial charge on any atom is -0.458 e. The average Bonchev–Trinajstić information content (AvgIpc) is 1.64. The molecule has 0 N–H and O–H groups in total. The molecule has 5 aromatic heterocycles. The number of hydrogen-bond acceptors (Lipinski definition) is 1. The third-order valence-electron chi connectivity index (χ3n) is 19.8. The zero-order chi connectivity index (χ0) is 58.5. The van der Waals surface area contributed by atoms with E-state index in [1.165, 1.54) is 126 Å². The Hall–Kier alpha value is -11.3. The molecule has 6 nitrogen and oxygen atoms in total. The maximum absolute atomic E-state index is 7.26. The Labute approximate surface area is 512 Å². The Bertz CT molecular complexity index is 6030. The van der Waals surface area contributed by atoms with Crippen molar-refractivity contribution < 1.29 is 4.74 Å². The minimum atomic E-state index is -0.156. The van der Waals surface area contributed by atoms with Crippen molar-refractivity contribution in [1.82, 2.24) is 22.8 Å². The van der Waals surface area contributed by atoms with Gasteiger partial charge in [-0.1, -0.05) is 172 Å². The van der Waals surface area contributed by atoms with E-state index in [1.54, 1.807) is 0 Å². The molecule has 13 aromatic carbocycles. The minimum absolute atomic E-state index is 0.142. The van der Waals surface area contributed by atoms with Gasteiger partial charge in [0.15, 0.2) is 0 Å². The first kappa shape index (κ1) is 48.9. The summed E-state index contributed by atoms with van der Waals surface area (Å²) >= 11 is 0. The standard InChI is InChI=1S/C82H54BN5O/c1-82(2,3)51-42-77-80-79(43-51)89-78-40-33-50(49-19-5-4-6-20-49)41-66(78)83(80)67-48-55(87-73-32-18-12-26-61(73)63-45-53(35-38-75(63)87)85-70-29-15-9-23-58(70)59-24-10-16-30-71(59)85)47-65-64-46-54(36-39-76(64)88(77)81(65)67)86-72-31-17-11-25-60(72)62-44-52(34-37-74(62)86)84-68-27-13-7-21-56(68)57-22-8-14-28-69(57)84/h4-48H,1-3H3. The summed E-state index contributed by atoms with van der Waals surface area (Å²) in [6.07, 6.45) is 0. The van der Waals surface area contributed by atoms with E-state index in [9.17, 15) is 0 Å². The molecular weight excluding hydrogens is 1080 g/mol. The molecule has 7 heterocycles. The molecule has 0 aliphatic carbocycles. The Morgan fingerprint density at radius 2 is 0.674 bits per heavy atom. The van der Waals surface area contributed by atoms with Crippen LogP contribution in [0.25, 0.3) is 149 Å². The first-order chi connectivity index (χ1) is 43.8. The fourth-order valence-electron chi connectivity index (χ4n) is 15.9. The predicted octanol–water partition coefficient (Wildman–Crippen LogP) is 19.1. The van der Waals surface area contributed by atoms with Crippen LogP contribution in [0.3, 0.4) is 0 Å². The molecule has 0 spiro atoms. The van der Waals surface area contributed by atoms with Gasteiger partial charge in [0.1, 0.15) is 11.5 Å². The van der Waals surface area contributed by atoms with Crippen LogP contribution >= 0.6 is 0 Å². The lowest BCUT2D eigenvalue weighted by molar-refractivity contribution is 0.483. The van der Waals surface area contributed by atoms with Gasteiger partial charge in [-0.25, -0.2) is 0 Å². The lowest BCUT2D eigenvalue weighted by Crippen LogP contribution is -2.58. The van der Waals surface area contributed by atoms with Crippen LogP contribution in [0.15, 0.2) is 273 Å². The summed E-state index contributed by atoms with van der Waals surface area (Å²) in [5, 5.41) is 12.3. The van der Waals surface area contributed by atoms with Gasteiger partial charge < -0.3 is 27.6 Å². The fraction of sp³-hybridized carbons (Fsp3) is 0.0488. The summed E-state index contributed by atoms with van der Waals surface area (Å²) in [5.41, 5.74) is 24.5. The zero-order valence-corrected chi connectivity index (χ0v) is 49.2. The number of nitrogens with zero attached hydrogens (tertiary/aromatic N) is 5. The van der Waals surface area contributed by atoms with Gasteiger partial charge in [0.2, 0.25) is 0 Å². The highest BCUT2D eigenvalue weighted by Crippen LogP contribution is 2.45. The molecule has 7 heteroatoms. The smallest absolute Gasteiger partial charge is 0.256 e. The maximum atomic E-state index is 7.26. The molecule has 20 rings (SSSR count). The molecule has 0 saturated carbocycles. The fourth-order valence-corrected chi connectivity index (χ4v) is 15.9. The molecule has 89 heavy (non-hydrogen) atoms. The molecular formula is C82H54BN5O. The average molecular weight is 1140 g/mol. The van der Waals surface area contributed by atoms with Crippen molar-refractivity contribution in [2.75, 3.05) is 0 Å². The Morgan fingerprint density at radius 1 is 0.281 bits per heavy atom. The summed E-state index contributed by atoms with van der Waals surface area (Å²) in [5.74, 6) is 1.81. The normalized spacial score (nSPS) is 13.0. The third-order valence-corrected chi connectivity index (χ3v) is 19.8. The van der Waals surface area contributed by atoms with Crippen LogP contribution in [0.1, 0.15) is 26.3 Å². The van der Waals surface area contributed by atoms with E-state index in [-0.39, 0.29) is 12.1 Å². The highest BCUT2D eigenvalue weighted by molar-refractivity contribution is 6.99. The van der Waals surface area contributed by atoms with Crippen LogP contribution in [0.4, 0.5) is 0 Å². The molecule has 416 valence electrons. The van der Waals surface area contributed by atoms with E-state index in [4.69, 9.17) is 4.74 Å². The van der Waals surface area contributed by atoms with E-state index in [0.29, 0.717) is 0 Å². The third kappa shape index (κ3) is 6.71. The van der Waals surface area contributed by atoms with Crippen molar-refractivity contribution in [3.63, 3.8) is 0 Å². The Morgan fingerprint density at radius 3 is 1.15 bits per heavy atom. The molecule has 2 aliphatic heterocycles. The van der Waals surface area contributed by atoms with Gasteiger partial charge in [-0.3, -0.25) is 0 Å². The van der Waals surface area contributed by atoms with Crippen LogP contribution < -0.4 is 21.1 Å². The first-order valence-corrected chi connectivity index (χ1v) is 31.0. The lowest BCUT2D eigenvalue weighted by atomic mass is 9.34. The predicted molar refractivity (Wildman–Crippen MR) is 373 cm³/mol. The summed E-state index contributed by atoms with van der Waals surface area (Å²) in [6.45, 7) is 6.80. The van der Waals surface area contributed by atoms with Gasteiger partial charge in [-0.05, 0) is 160 Å². The monoisotopic (exact) mass is 1140 g/mol. The van der Waals surface area contributed by atoms with E-state index in [0.717, 1.165) is 56.3 Å². The highest BCUT2D eigenvalue weighted by Gasteiger charge is 2.42. The van der Waals surface area contributed by atoms with Crippen molar-refractivity contribution >= 4 is 132 Å². The van der Waals surface area contributed by atoms with Gasteiger partial charge in [0.25, 0.3) is 6.71 Å². The SMILES string of the molecule is CC(C)(C)c1cc2c3c(c1)-n1c4ccc(-n5c6ccccc6c6cc(-n7c8ccccc8c8ccccc87)ccc65)cc4c4cc(-n5c6ccccc6c6cc(-n7c8ccccc8c8ccccc87)ccc65)cc(c41)B3c1cc(-c3ccccc3)ccc1O2. The number of hydrogen-bond donors (Lipinski definition) is 0. The van der Waals surface area contributed by atoms with Crippen LogP contribution in [-0.4, -0.2) is 29.5 Å².